The largest absolute Gasteiger partial charge is 0.444 e. The summed E-state index contributed by atoms with van der Waals surface area (Å²) in [5, 5.41) is 3.73. The van der Waals surface area contributed by atoms with E-state index in [4.69, 9.17) is 4.74 Å². The van der Waals surface area contributed by atoms with E-state index in [1.807, 2.05) is 31.2 Å². The normalized spacial score (nSPS) is 14.2. The van der Waals surface area contributed by atoms with Gasteiger partial charge in [0.2, 0.25) is 0 Å². The molecule has 0 fully saturated rings. The van der Waals surface area contributed by atoms with Crippen molar-refractivity contribution < 1.29 is 9.53 Å². The van der Waals surface area contributed by atoms with Gasteiger partial charge in [-0.25, -0.2) is 4.79 Å². The first-order valence-electron chi connectivity index (χ1n) is 5.08. The molecule has 1 amide bonds. The van der Waals surface area contributed by atoms with Gasteiger partial charge in [-0.3, -0.25) is 10.3 Å². The van der Waals surface area contributed by atoms with Gasteiger partial charge in [0.05, 0.1) is 16.9 Å². The van der Waals surface area contributed by atoms with Crippen LogP contribution in [0.4, 0.5) is 10.5 Å². The molecular weight excluding hydrogens is 204 g/mol. The zero-order valence-electron chi connectivity index (χ0n) is 8.78. The summed E-state index contributed by atoms with van der Waals surface area (Å²) in [7, 11) is 0. The van der Waals surface area contributed by atoms with Crippen molar-refractivity contribution in [1.29, 1.82) is 0 Å². The number of cyclic esters (lactones) is 1. The van der Waals surface area contributed by atoms with Crippen molar-refractivity contribution in [1.82, 2.24) is 4.98 Å². The molecule has 2 aromatic rings. The predicted molar refractivity (Wildman–Crippen MR) is 60.3 cm³/mol. The zero-order valence-corrected chi connectivity index (χ0v) is 8.78. The Bertz CT molecular complexity index is 593. The number of aryl methyl sites for hydroxylation is 1. The topological polar surface area (TPSA) is 51.2 Å². The molecule has 0 saturated heterocycles. The Morgan fingerprint density at radius 3 is 3.06 bits per heavy atom. The van der Waals surface area contributed by atoms with Gasteiger partial charge in [-0.05, 0) is 13.0 Å². The lowest BCUT2D eigenvalue weighted by molar-refractivity contribution is 0.151. The molecule has 16 heavy (non-hydrogen) atoms. The lowest BCUT2D eigenvalue weighted by Crippen LogP contribution is -2.21. The highest BCUT2D eigenvalue weighted by Crippen LogP contribution is 2.30. The second-order valence-electron chi connectivity index (χ2n) is 3.77. The van der Waals surface area contributed by atoms with Crippen LogP contribution in [0.2, 0.25) is 0 Å². The molecule has 3 rings (SSSR count). The van der Waals surface area contributed by atoms with E-state index in [2.05, 4.69) is 10.3 Å². The third-order valence-corrected chi connectivity index (χ3v) is 2.76. The molecule has 1 N–H and O–H groups in total. The van der Waals surface area contributed by atoms with Gasteiger partial charge in [0.25, 0.3) is 0 Å². The summed E-state index contributed by atoms with van der Waals surface area (Å²) < 4.78 is 4.99. The van der Waals surface area contributed by atoms with Crippen LogP contribution in [-0.2, 0) is 11.3 Å². The first kappa shape index (κ1) is 9.15. The molecule has 1 aromatic carbocycles. The van der Waals surface area contributed by atoms with Crippen LogP contribution in [0.1, 0.15) is 11.3 Å². The monoisotopic (exact) mass is 214 g/mol. The van der Waals surface area contributed by atoms with Gasteiger partial charge < -0.3 is 4.74 Å². The van der Waals surface area contributed by atoms with E-state index in [-0.39, 0.29) is 0 Å². The van der Waals surface area contributed by atoms with Gasteiger partial charge in [0.15, 0.2) is 0 Å². The first-order chi connectivity index (χ1) is 7.75. The molecule has 80 valence electrons. The number of fused-ring (bicyclic) bond motifs is 3. The molecule has 0 radical (unpaired) electrons. The molecule has 0 spiro atoms. The smallest absolute Gasteiger partial charge is 0.412 e. The maximum atomic E-state index is 11.2. The number of rotatable bonds is 0. The summed E-state index contributed by atoms with van der Waals surface area (Å²) in [6.07, 6.45) is -0.410. The standard InChI is InChI=1S/C12H10N2O2/c1-7-11-9(6-16-12(15)14-11)8-4-2-3-5-10(8)13-7/h2-5H,6H2,1H3,(H,14,15). The molecule has 4 heteroatoms. The van der Waals surface area contributed by atoms with E-state index in [1.54, 1.807) is 0 Å². The fourth-order valence-corrected chi connectivity index (χ4v) is 2.01. The van der Waals surface area contributed by atoms with Gasteiger partial charge >= 0.3 is 6.09 Å². The number of para-hydroxylation sites is 1. The van der Waals surface area contributed by atoms with E-state index < -0.39 is 6.09 Å². The Morgan fingerprint density at radius 1 is 1.38 bits per heavy atom. The van der Waals surface area contributed by atoms with Crippen molar-refractivity contribution in [3.8, 4) is 0 Å². The highest BCUT2D eigenvalue weighted by atomic mass is 16.5. The summed E-state index contributed by atoms with van der Waals surface area (Å²) in [6, 6.07) is 7.85. The van der Waals surface area contributed by atoms with E-state index in [1.165, 1.54) is 0 Å². The number of anilines is 1. The summed E-state index contributed by atoms with van der Waals surface area (Å²) in [4.78, 5) is 15.6. The summed E-state index contributed by atoms with van der Waals surface area (Å²) in [6.45, 7) is 2.20. The molecule has 0 bridgehead atoms. The number of nitrogens with zero attached hydrogens (tertiary/aromatic N) is 1. The number of pyridine rings is 1. The van der Waals surface area contributed by atoms with Crippen molar-refractivity contribution in [2.24, 2.45) is 0 Å². The van der Waals surface area contributed by atoms with E-state index >= 15 is 0 Å². The van der Waals surface area contributed by atoms with Crippen LogP contribution in [0, 0.1) is 6.92 Å². The van der Waals surface area contributed by atoms with Crippen LogP contribution >= 0.6 is 0 Å². The first-order valence-corrected chi connectivity index (χ1v) is 5.08. The van der Waals surface area contributed by atoms with Crippen LogP contribution in [0.25, 0.3) is 10.9 Å². The molecule has 1 aromatic heterocycles. The van der Waals surface area contributed by atoms with E-state index in [0.29, 0.717) is 6.61 Å². The second-order valence-corrected chi connectivity index (χ2v) is 3.77. The minimum Gasteiger partial charge on any atom is -0.444 e. The number of amides is 1. The Morgan fingerprint density at radius 2 is 2.19 bits per heavy atom. The summed E-state index contributed by atoms with van der Waals surface area (Å²) in [5.74, 6) is 0. The van der Waals surface area contributed by atoms with Crippen molar-refractivity contribution >= 4 is 22.7 Å². The van der Waals surface area contributed by atoms with Gasteiger partial charge in [-0.1, -0.05) is 18.2 Å². The Labute approximate surface area is 92.2 Å². The maximum absolute atomic E-state index is 11.2. The predicted octanol–water partition coefficient (Wildman–Crippen LogP) is 2.61. The molecule has 1 aliphatic rings. The lowest BCUT2D eigenvalue weighted by Gasteiger charge is -2.20. The Kier molecular flexibility index (Phi) is 1.83. The fraction of sp³-hybridized carbons (Fsp3) is 0.167. The number of carbonyl (C=O) groups is 1. The molecule has 0 saturated carbocycles. The summed E-state index contributed by atoms with van der Waals surface area (Å²) >= 11 is 0. The minimum atomic E-state index is -0.410. The molecule has 2 heterocycles. The maximum Gasteiger partial charge on any atom is 0.412 e. The molecule has 0 atom stereocenters. The van der Waals surface area contributed by atoms with Crippen molar-refractivity contribution in [3.63, 3.8) is 0 Å². The SMILES string of the molecule is Cc1nc2ccccc2c2c1NC(=O)OC2. The Hall–Kier alpha value is -2.10. The van der Waals surface area contributed by atoms with Crippen molar-refractivity contribution in [2.45, 2.75) is 13.5 Å². The quantitative estimate of drug-likeness (QED) is 0.733. The van der Waals surface area contributed by atoms with E-state index in [9.17, 15) is 4.79 Å². The van der Waals surface area contributed by atoms with Gasteiger partial charge in [0, 0.05) is 10.9 Å². The molecule has 4 nitrogen and oxygen atoms in total. The highest BCUT2D eigenvalue weighted by Gasteiger charge is 2.20. The number of hydrogen-bond donors (Lipinski definition) is 1. The average molecular weight is 214 g/mol. The van der Waals surface area contributed by atoms with Crippen LogP contribution in [0.15, 0.2) is 24.3 Å². The minimum absolute atomic E-state index is 0.311. The highest BCUT2D eigenvalue weighted by molar-refractivity contribution is 5.95. The molecule has 1 aliphatic heterocycles. The van der Waals surface area contributed by atoms with E-state index in [0.717, 1.165) is 27.8 Å². The average Bonchev–Trinajstić information content (AvgIpc) is 2.29. The third kappa shape index (κ3) is 1.23. The lowest BCUT2D eigenvalue weighted by atomic mass is 10.1. The zero-order chi connectivity index (χ0) is 11.1. The number of nitrogens with one attached hydrogen (secondary N) is 1. The molecule has 0 aliphatic carbocycles. The third-order valence-electron chi connectivity index (χ3n) is 2.76. The number of aromatic nitrogens is 1. The molecular formula is C12H10N2O2. The number of benzene rings is 1. The second kappa shape index (κ2) is 3.20. The Balaban J connectivity index is 2.36. The van der Waals surface area contributed by atoms with Crippen LogP contribution in [0.5, 0.6) is 0 Å². The molecule has 0 unspecified atom stereocenters. The van der Waals surface area contributed by atoms with Crippen LogP contribution in [0.3, 0.4) is 0 Å². The fourth-order valence-electron chi connectivity index (χ4n) is 2.01. The van der Waals surface area contributed by atoms with Crippen molar-refractivity contribution in [3.05, 3.63) is 35.5 Å². The summed E-state index contributed by atoms with van der Waals surface area (Å²) in [5.41, 5.74) is 3.54. The van der Waals surface area contributed by atoms with Gasteiger partial charge in [-0.15, -0.1) is 0 Å². The van der Waals surface area contributed by atoms with Crippen LogP contribution in [-0.4, -0.2) is 11.1 Å². The number of ether oxygens (including phenoxy) is 1. The number of hydrogen-bond acceptors (Lipinski definition) is 3. The number of carbonyl (C=O) groups excluding carboxylic acids is 1. The van der Waals surface area contributed by atoms with Gasteiger partial charge in [0.1, 0.15) is 6.61 Å². The van der Waals surface area contributed by atoms with Crippen LogP contribution < -0.4 is 5.32 Å². The van der Waals surface area contributed by atoms with Gasteiger partial charge in [-0.2, -0.15) is 0 Å². The van der Waals surface area contributed by atoms with Crippen molar-refractivity contribution in [2.75, 3.05) is 5.32 Å².